The summed E-state index contributed by atoms with van der Waals surface area (Å²) in [5, 5.41) is 27.1. The molecule has 0 atom stereocenters. The number of amides is 1. The third-order valence-electron chi connectivity index (χ3n) is 4.41. The predicted molar refractivity (Wildman–Crippen MR) is 126 cm³/mol. The molecule has 0 saturated heterocycles. The Kier molecular flexibility index (Phi) is 7.60. The van der Waals surface area contributed by atoms with Gasteiger partial charge in [-0.05, 0) is 29.9 Å². The zero-order chi connectivity index (χ0) is 23.8. The number of ether oxygens (including phenoxy) is 1. The Balaban J connectivity index is 1.60. The van der Waals surface area contributed by atoms with Crippen LogP contribution in [-0.4, -0.2) is 27.5 Å². The van der Waals surface area contributed by atoms with Crippen molar-refractivity contribution in [2.24, 2.45) is 0 Å². The molecular formula is C22H18N4O6S. The van der Waals surface area contributed by atoms with E-state index < -0.39 is 27.1 Å². The molecule has 0 aliphatic carbocycles. The summed E-state index contributed by atoms with van der Waals surface area (Å²) in [6.45, 7) is 0.472. The number of nitro groups is 2. The number of nitrogens with one attached hydrogen (secondary N) is 2. The third kappa shape index (κ3) is 6.80. The molecule has 2 N–H and O–H groups in total. The van der Waals surface area contributed by atoms with Gasteiger partial charge in [-0.25, -0.2) is 0 Å². The first-order valence-corrected chi connectivity index (χ1v) is 10.1. The van der Waals surface area contributed by atoms with Crippen LogP contribution in [0, 0.1) is 20.2 Å². The number of hydrogen-bond acceptors (Lipinski definition) is 7. The van der Waals surface area contributed by atoms with Crippen LogP contribution in [0.2, 0.25) is 0 Å². The van der Waals surface area contributed by atoms with Gasteiger partial charge in [0.2, 0.25) is 0 Å². The summed E-state index contributed by atoms with van der Waals surface area (Å²) in [6.07, 6.45) is 0.738. The number of nitrogens with zero attached hydrogens (tertiary/aromatic N) is 2. The molecule has 11 heteroatoms. The van der Waals surface area contributed by atoms with Gasteiger partial charge in [0, 0.05) is 30.3 Å². The number of non-ortho nitro benzene ring substituents is 2. The van der Waals surface area contributed by atoms with E-state index in [1.54, 1.807) is 24.3 Å². The monoisotopic (exact) mass is 466 g/mol. The molecule has 10 nitrogen and oxygen atoms in total. The van der Waals surface area contributed by atoms with Crippen molar-refractivity contribution in [1.82, 2.24) is 5.32 Å². The van der Waals surface area contributed by atoms with Gasteiger partial charge < -0.3 is 10.1 Å². The quantitative estimate of drug-likeness (QED) is 0.286. The highest BCUT2D eigenvalue weighted by Gasteiger charge is 2.20. The van der Waals surface area contributed by atoms with Crippen molar-refractivity contribution in [3.05, 3.63) is 104 Å². The van der Waals surface area contributed by atoms with Crippen LogP contribution in [0.25, 0.3) is 0 Å². The van der Waals surface area contributed by atoms with Crippen LogP contribution in [0.15, 0.2) is 72.8 Å². The summed E-state index contributed by atoms with van der Waals surface area (Å²) in [5.41, 5.74) is 0.278. The molecule has 0 aromatic heterocycles. The maximum atomic E-state index is 12.4. The molecule has 0 saturated carbocycles. The fraction of sp³-hybridized carbons (Fsp3) is 0.0909. The molecule has 0 bridgehead atoms. The number of nitro benzene ring substituents is 2. The van der Waals surface area contributed by atoms with Crippen molar-refractivity contribution in [3.8, 4) is 5.75 Å². The molecule has 0 aliphatic rings. The van der Waals surface area contributed by atoms with E-state index in [4.69, 9.17) is 17.0 Å². The second-order valence-corrected chi connectivity index (χ2v) is 7.18. The van der Waals surface area contributed by atoms with Gasteiger partial charge in [0.05, 0.1) is 28.1 Å². The highest BCUT2D eigenvalue weighted by atomic mass is 32.1. The Morgan fingerprint density at radius 3 is 2.21 bits per heavy atom. The Morgan fingerprint density at radius 2 is 1.58 bits per heavy atom. The maximum absolute atomic E-state index is 12.4. The summed E-state index contributed by atoms with van der Waals surface area (Å²) in [7, 11) is 0. The lowest BCUT2D eigenvalue weighted by molar-refractivity contribution is -0.394. The highest BCUT2D eigenvalue weighted by molar-refractivity contribution is 7.80. The highest BCUT2D eigenvalue weighted by Crippen LogP contribution is 2.23. The van der Waals surface area contributed by atoms with Gasteiger partial charge in [-0.3, -0.25) is 30.3 Å². The molecule has 168 valence electrons. The maximum Gasteiger partial charge on any atom is 0.277 e. The molecule has 1 amide bonds. The molecule has 33 heavy (non-hydrogen) atoms. The number of thiocarbonyl (C=S) groups is 1. The Morgan fingerprint density at radius 1 is 0.909 bits per heavy atom. The van der Waals surface area contributed by atoms with E-state index in [0.29, 0.717) is 18.0 Å². The Bertz CT molecular complexity index is 1170. The predicted octanol–water partition coefficient (Wildman–Crippen LogP) is 4.25. The minimum Gasteiger partial charge on any atom is -0.493 e. The smallest absolute Gasteiger partial charge is 0.277 e. The Hall–Kier alpha value is -4.38. The van der Waals surface area contributed by atoms with E-state index in [1.807, 2.05) is 30.3 Å². The van der Waals surface area contributed by atoms with Gasteiger partial charge in [0.15, 0.2) is 5.11 Å². The fourth-order valence-electron chi connectivity index (χ4n) is 2.87. The summed E-state index contributed by atoms with van der Waals surface area (Å²) >= 11 is 5.12. The van der Waals surface area contributed by atoms with E-state index in [9.17, 15) is 25.0 Å². The van der Waals surface area contributed by atoms with Crippen LogP contribution in [0.4, 0.5) is 17.1 Å². The third-order valence-corrected chi connectivity index (χ3v) is 4.61. The standard InChI is InChI=1S/C22H18N4O6S/c27-21(16-11-18(25(28)29)14-19(12-16)26(30)31)24-22(33)23-17-7-4-8-20(13-17)32-10-9-15-5-2-1-3-6-15/h1-8,11-14H,9-10H2,(H2,23,24,27,33). The second kappa shape index (κ2) is 10.8. The zero-order valence-corrected chi connectivity index (χ0v) is 17.9. The van der Waals surface area contributed by atoms with Crippen molar-refractivity contribution < 1.29 is 19.4 Å². The van der Waals surface area contributed by atoms with Gasteiger partial charge in [-0.15, -0.1) is 0 Å². The first-order chi connectivity index (χ1) is 15.8. The normalized spacial score (nSPS) is 10.2. The van der Waals surface area contributed by atoms with Crippen molar-refractivity contribution in [2.45, 2.75) is 6.42 Å². The van der Waals surface area contributed by atoms with Gasteiger partial charge in [-0.1, -0.05) is 36.4 Å². The number of anilines is 1. The van der Waals surface area contributed by atoms with Gasteiger partial charge in [0.25, 0.3) is 17.3 Å². The van der Waals surface area contributed by atoms with Crippen LogP contribution in [-0.2, 0) is 6.42 Å². The van der Waals surface area contributed by atoms with Crippen molar-refractivity contribution in [1.29, 1.82) is 0 Å². The summed E-state index contributed by atoms with van der Waals surface area (Å²) in [4.78, 5) is 32.8. The van der Waals surface area contributed by atoms with E-state index in [-0.39, 0.29) is 10.7 Å². The van der Waals surface area contributed by atoms with Crippen LogP contribution in [0.3, 0.4) is 0 Å². The number of carbonyl (C=O) groups excluding carboxylic acids is 1. The topological polar surface area (TPSA) is 137 Å². The van der Waals surface area contributed by atoms with Crippen LogP contribution in [0.5, 0.6) is 5.75 Å². The van der Waals surface area contributed by atoms with E-state index in [1.165, 1.54) is 0 Å². The lowest BCUT2D eigenvalue weighted by Crippen LogP contribution is -2.34. The minimum atomic E-state index is -0.824. The molecule has 0 aliphatic heterocycles. The summed E-state index contributed by atoms with van der Waals surface area (Å²) in [5.74, 6) is -0.228. The van der Waals surface area contributed by atoms with Crippen LogP contribution < -0.4 is 15.4 Å². The molecular weight excluding hydrogens is 448 g/mol. The van der Waals surface area contributed by atoms with Gasteiger partial charge >= 0.3 is 0 Å². The second-order valence-electron chi connectivity index (χ2n) is 6.77. The first-order valence-electron chi connectivity index (χ1n) is 9.65. The largest absolute Gasteiger partial charge is 0.493 e. The van der Waals surface area contributed by atoms with E-state index in [0.717, 1.165) is 30.2 Å². The van der Waals surface area contributed by atoms with Crippen molar-refractivity contribution in [2.75, 3.05) is 11.9 Å². The van der Waals surface area contributed by atoms with Crippen molar-refractivity contribution >= 4 is 40.3 Å². The number of carbonyl (C=O) groups is 1. The first kappa shape index (κ1) is 23.3. The lowest BCUT2D eigenvalue weighted by atomic mass is 10.1. The number of rotatable bonds is 8. The SMILES string of the molecule is O=C(NC(=S)Nc1cccc(OCCc2ccccc2)c1)c1cc([N+](=O)[O-])cc([N+](=O)[O-])c1. The Labute approximate surface area is 193 Å². The molecule has 0 radical (unpaired) electrons. The zero-order valence-electron chi connectivity index (χ0n) is 17.1. The lowest BCUT2D eigenvalue weighted by Gasteiger charge is -2.12. The average molecular weight is 466 g/mol. The minimum absolute atomic E-state index is 0.0874. The molecule has 3 aromatic carbocycles. The van der Waals surface area contributed by atoms with Gasteiger partial charge in [0.1, 0.15) is 5.75 Å². The number of benzene rings is 3. The number of hydrogen-bond donors (Lipinski definition) is 2. The average Bonchev–Trinajstić information content (AvgIpc) is 2.79. The van der Waals surface area contributed by atoms with Crippen molar-refractivity contribution in [3.63, 3.8) is 0 Å². The molecule has 0 fully saturated rings. The molecule has 3 aromatic rings. The molecule has 0 spiro atoms. The van der Waals surface area contributed by atoms with Gasteiger partial charge in [-0.2, -0.15) is 0 Å². The summed E-state index contributed by atoms with van der Waals surface area (Å²) in [6, 6.07) is 19.5. The summed E-state index contributed by atoms with van der Waals surface area (Å²) < 4.78 is 5.76. The van der Waals surface area contributed by atoms with E-state index >= 15 is 0 Å². The van der Waals surface area contributed by atoms with Crippen LogP contribution in [0.1, 0.15) is 15.9 Å². The van der Waals surface area contributed by atoms with E-state index in [2.05, 4.69) is 10.6 Å². The fourth-order valence-corrected chi connectivity index (χ4v) is 3.08. The molecule has 3 rings (SSSR count). The molecule has 0 unspecified atom stereocenters. The van der Waals surface area contributed by atoms with Crippen LogP contribution >= 0.6 is 12.2 Å². The molecule has 0 heterocycles.